The smallest absolute Gasteiger partial charge is 0.407 e. The van der Waals surface area contributed by atoms with Crippen LogP contribution in [0.1, 0.15) is 33.6 Å². The van der Waals surface area contributed by atoms with Crippen molar-refractivity contribution < 1.29 is 19.4 Å². The number of ether oxygens (including phenoxy) is 1. The zero-order chi connectivity index (χ0) is 12.3. The van der Waals surface area contributed by atoms with Crippen LogP contribution in [0.2, 0.25) is 0 Å². The quantitative estimate of drug-likeness (QED) is 0.714. The Kier molecular flexibility index (Phi) is 3.57. The number of hydrogen-bond donors (Lipinski definition) is 2. The highest BCUT2D eigenvalue weighted by atomic mass is 16.6. The van der Waals surface area contributed by atoms with Gasteiger partial charge in [-0.1, -0.05) is 0 Å². The Balaban J connectivity index is 2.47. The Morgan fingerprint density at radius 2 is 2.12 bits per heavy atom. The number of nitrogens with one attached hydrogen (secondary N) is 1. The molecular weight excluding hydrogens is 210 g/mol. The molecule has 0 spiro atoms. The number of ketones is 1. The normalized spacial score (nSPS) is 21.3. The van der Waals surface area contributed by atoms with Crippen molar-refractivity contribution in [2.75, 3.05) is 0 Å². The molecule has 0 aromatic heterocycles. The lowest BCUT2D eigenvalue weighted by molar-refractivity contribution is -0.115. The van der Waals surface area contributed by atoms with E-state index in [0.717, 1.165) is 0 Å². The van der Waals surface area contributed by atoms with Crippen LogP contribution in [-0.2, 0) is 9.53 Å². The van der Waals surface area contributed by atoms with E-state index in [2.05, 4.69) is 5.32 Å². The maximum atomic E-state index is 11.4. The topological polar surface area (TPSA) is 75.6 Å². The second-order valence-corrected chi connectivity index (χ2v) is 4.85. The Bertz CT molecular complexity index is 327. The number of aliphatic hydroxyl groups excluding tert-OH is 1. The molecule has 0 aromatic rings. The van der Waals surface area contributed by atoms with Gasteiger partial charge in [0.15, 0.2) is 5.78 Å². The third kappa shape index (κ3) is 4.33. The van der Waals surface area contributed by atoms with Crippen LogP contribution in [0.15, 0.2) is 11.8 Å². The summed E-state index contributed by atoms with van der Waals surface area (Å²) >= 11 is 0. The molecular formula is C11H17NO4. The van der Waals surface area contributed by atoms with E-state index >= 15 is 0 Å². The maximum Gasteiger partial charge on any atom is 0.407 e. The van der Waals surface area contributed by atoms with Crippen molar-refractivity contribution in [3.8, 4) is 0 Å². The van der Waals surface area contributed by atoms with Gasteiger partial charge in [-0.05, 0) is 20.8 Å². The number of carbonyl (C=O) groups excluding carboxylic acids is 2. The van der Waals surface area contributed by atoms with Gasteiger partial charge in [0, 0.05) is 25.0 Å². The van der Waals surface area contributed by atoms with E-state index < -0.39 is 11.7 Å². The lowest BCUT2D eigenvalue weighted by Gasteiger charge is -2.24. The lowest BCUT2D eigenvalue weighted by Crippen LogP contribution is -2.41. The number of alkyl carbamates (subject to hydrolysis) is 1. The first-order valence-electron chi connectivity index (χ1n) is 5.18. The lowest BCUT2D eigenvalue weighted by atomic mass is 9.99. The van der Waals surface area contributed by atoms with Gasteiger partial charge >= 0.3 is 6.09 Å². The zero-order valence-electron chi connectivity index (χ0n) is 9.74. The molecule has 5 heteroatoms. The predicted molar refractivity (Wildman–Crippen MR) is 58.1 cm³/mol. The number of hydrogen-bond acceptors (Lipinski definition) is 4. The molecule has 0 heterocycles. The molecule has 0 radical (unpaired) electrons. The molecule has 1 aliphatic carbocycles. The van der Waals surface area contributed by atoms with E-state index in [1.165, 1.54) is 6.08 Å². The zero-order valence-corrected chi connectivity index (χ0v) is 9.74. The van der Waals surface area contributed by atoms with Crippen molar-refractivity contribution in [3.63, 3.8) is 0 Å². The second kappa shape index (κ2) is 4.55. The molecule has 90 valence electrons. The molecule has 1 amide bonds. The van der Waals surface area contributed by atoms with E-state index in [0.29, 0.717) is 0 Å². The summed E-state index contributed by atoms with van der Waals surface area (Å²) in [6.45, 7) is 5.28. The largest absolute Gasteiger partial charge is 0.512 e. The molecule has 5 nitrogen and oxygen atoms in total. The van der Waals surface area contributed by atoms with Crippen molar-refractivity contribution >= 4 is 11.9 Å². The van der Waals surface area contributed by atoms with Gasteiger partial charge in [0.25, 0.3) is 0 Å². The van der Waals surface area contributed by atoms with Gasteiger partial charge in [-0.15, -0.1) is 0 Å². The first-order chi connectivity index (χ1) is 7.26. The van der Waals surface area contributed by atoms with Gasteiger partial charge in [0.2, 0.25) is 0 Å². The molecule has 0 aromatic carbocycles. The van der Waals surface area contributed by atoms with Gasteiger partial charge in [0.1, 0.15) is 5.60 Å². The number of carbonyl (C=O) groups is 2. The fourth-order valence-electron chi connectivity index (χ4n) is 1.45. The number of amides is 1. The van der Waals surface area contributed by atoms with Crippen molar-refractivity contribution in [1.29, 1.82) is 0 Å². The fourth-order valence-corrected chi connectivity index (χ4v) is 1.45. The Labute approximate surface area is 94.5 Å². The van der Waals surface area contributed by atoms with Crippen LogP contribution in [0.25, 0.3) is 0 Å². The highest BCUT2D eigenvalue weighted by molar-refractivity contribution is 5.91. The van der Waals surface area contributed by atoms with Crippen molar-refractivity contribution in [1.82, 2.24) is 5.32 Å². The van der Waals surface area contributed by atoms with Crippen LogP contribution in [0, 0.1) is 0 Å². The molecule has 1 aliphatic rings. The van der Waals surface area contributed by atoms with Gasteiger partial charge in [0.05, 0.1) is 5.76 Å². The minimum absolute atomic E-state index is 0.00249. The van der Waals surface area contributed by atoms with Crippen LogP contribution < -0.4 is 5.32 Å². The summed E-state index contributed by atoms with van der Waals surface area (Å²) in [5.41, 5.74) is -0.569. The van der Waals surface area contributed by atoms with Crippen LogP contribution >= 0.6 is 0 Å². The van der Waals surface area contributed by atoms with E-state index in [1.807, 2.05) is 0 Å². The van der Waals surface area contributed by atoms with Crippen molar-refractivity contribution in [2.24, 2.45) is 0 Å². The summed E-state index contributed by atoms with van der Waals surface area (Å²) in [6.07, 6.45) is 1.08. The average molecular weight is 227 g/mol. The Hall–Kier alpha value is -1.52. The maximum absolute atomic E-state index is 11.4. The molecule has 1 unspecified atom stereocenters. The van der Waals surface area contributed by atoms with Crippen molar-refractivity contribution in [3.05, 3.63) is 11.8 Å². The molecule has 0 saturated carbocycles. The summed E-state index contributed by atoms with van der Waals surface area (Å²) in [7, 11) is 0. The fraction of sp³-hybridized carbons (Fsp3) is 0.636. The minimum atomic E-state index is -0.569. The third-order valence-corrected chi connectivity index (χ3v) is 1.95. The van der Waals surface area contributed by atoms with E-state index in [-0.39, 0.29) is 30.4 Å². The number of rotatable bonds is 1. The molecule has 0 saturated heterocycles. The monoisotopic (exact) mass is 227 g/mol. The van der Waals surface area contributed by atoms with Gasteiger partial charge in [-0.25, -0.2) is 4.79 Å². The highest BCUT2D eigenvalue weighted by Crippen LogP contribution is 2.14. The molecule has 0 bridgehead atoms. The molecule has 0 aliphatic heterocycles. The van der Waals surface area contributed by atoms with E-state index in [4.69, 9.17) is 4.74 Å². The SMILES string of the molecule is CC(C)(C)OC(=O)NC1CC(=O)C=C(O)C1. The second-order valence-electron chi connectivity index (χ2n) is 4.85. The Morgan fingerprint density at radius 1 is 1.50 bits per heavy atom. The van der Waals surface area contributed by atoms with Crippen molar-refractivity contribution in [2.45, 2.75) is 45.3 Å². The average Bonchev–Trinajstić information content (AvgIpc) is 1.96. The van der Waals surface area contributed by atoms with E-state index in [9.17, 15) is 14.7 Å². The summed E-state index contributed by atoms with van der Waals surface area (Å²) < 4.78 is 5.05. The summed E-state index contributed by atoms with van der Waals surface area (Å²) in [4.78, 5) is 22.5. The first kappa shape index (κ1) is 12.5. The number of aliphatic hydroxyl groups is 1. The van der Waals surface area contributed by atoms with Crippen LogP contribution in [0.3, 0.4) is 0 Å². The minimum Gasteiger partial charge on any atom is -0.512 e. The summed E-state index contributed by atoms with van der Waals surface area (Å²) in [5, 5.41) is 11.8. The first-order valence-corrected chi connectivity index (χ1v) is 5.18. The van der Waals surface area contributed by atoms with Crippen LogP contribution in [0.5, 0.6) is 0 Å². The summed E-state index contributed by atoms with van der Waals surface area (Å²) in [6, 6.07) is -0.382. The molecule has 0 fully saturated rings. The predicted octanol–water partition coefficient (Wildman–Crippen LogP) is 1.68. The van der Waals surface area contributed by atoms with Gasteiger partial charge in [-0.3, -0.25) is 4.79 Å². The Morgan fingerprint density at radius 3 is 2.62 bits per heavy atom. The standard InChI is InChI=1S/C11H17NO4/c1-11(2,3)16-10(15)12-7-4-8(13)6-9(14)5-7/h6-7,13H,4-5H2,1-3H3,(H,12,15). The van der Waals surface area contributed by atoms with Gasteiger partial charge < -0.3 is 15.2 Å². The van der Waals surface area contributed by atoms with Gasteiger partial charge in [-0.2, -0.15) is 0 Å². The highest BCUT2D eigenvalue weighted by Gasteiger charge is 2.24. The van der Waals surface area contributed by atoms with E-state index in [1.54, 1.807) is 20.8 Å². The molecule has 1 rings (SSSR count). The molecule has 2 N–H and O–H groups in total. The van der Waals surface area contributed by atoms with Crippen LogP contribution in [0.4, 0.5) is 4.79 Å². The number of allylic oxidation sites excluding steroid dienone is 1. The third-order valence-electron chi connectivity index (χ3n) is 1.95. The summed E-state index contributed by atoms with van der Waals surface area (Å²) in [5.74, 6) is -0.192. The van der Waals surface area contributed by atoms with Crippen LogP contribution in [-0.4, -0.2) is 28.6 Å². The molecule has 16 heavy (non-hydrogen) atoms. The molecule has 1 atom stereocenters.